The van der Waals surface area contributed by atoms with Crippen LogP contribution in [0.2, 0.25) is 0 Å². The number of Topliss-reactive ketones (excluding diaryl/α,β-unsaturated/α-hetero) is 1. The Hall–Kier alpha value is -4.74. The third kappa shape index (κ3) is 2.55. The third-order valence-electron chi connectivity index (χ3n) is 4.63. The van der Waals surface area contributed by atoms with Crippen molar-refractivity contribution < 1.29 is 29.0 Å². The number of ketones is 1. The van der Waals surface area contributed by atoms with Crippen LogP contribution in [0.4, 0.5) is 16.2 Å². The maximum Gasteiger partial charge on any atom is 0.328 e. The minimum Gasteiger partial charge on any atom is -0.289 e. The van der Waals surface area contributed by atoms with Gasteiger partial charge in [0.15, 0.2) is 5.78 Å². The zero-order chi connectivity index (χ0) is 21.7. The highest BCUT2D eigenvalue weighted by molar-refractivity contribution is 6.45. The van der Waals surface area contributed by atoms with E-state index in [2.05, 4.69) is 0 Å². The van der Waals surface area contributed by atoms with Gasteiger partial charge in [0.05, 0.1) is 21.0 Å². The van der Waals surface area contributed by atoms with Crippen LogP contribution in [-0.2, 0) is 9.59 Å². The molecule has 12 heteroatoms. The lowest BCUT2D eigenvalue weighted by Gasteiger charge is -2.24. The standard InChI is InChI=1S/C18H8N4O8/c23-15-8-4-2-6-10(22(29)30)12(8)11-7(3-1-5-9(11)21(27)28)13(15)14-16(24)19-18(26)20-17(14)25/h1-6H,(H2,19,20,24,25,26). The van der Waals surface area contributed by atoms with Gasteiger partial charge in [0.1, 0.15) is 5.57 Å². The van der Waals surface area contributed by atoms with Crippen LogP contribution < -0.4 is 10.6 Å². The smallest absolute Gasteiger partial charge is 0.289 e. The summed E-state index contributed by atoms with van der Waals surface area (Å²) in [6.07, 6.45) is 0. The maximum absolute atomic E-state index is 13.2. The van der Waals surface area contributed by atoms with Crippen LogP contribution in [0.3, 0.4) is 0 Å². The van der Waals surface area contributed by atoms with Crippen LogP contribution in [0.15, 0.2) is 42.0 Å². The molecule has 0 saturated carbocycles. The number of hydrogen-bond donors (Lipinski definition) is 2. The number of nitrogens with one attached hydrogen (secondary N) is 2. The summed E-state index contributed by atoms with van der Waals surface area (Å²) in [4.78, 5) is 70.8. The largest absolute Gasteiger partial charge is 0.328 e. The first kappa shape index (κ1) is 18.6. The van der Waals surface area contributed by atoms with Gasteiger partial charge in [-0.3, -0.25) is 45.2 Å². The average molecular weight is 408 g/mol. The number of imide groups is 2. The minimum atomic E-state index is -1.17. The maximum atomic E-state index is 13.2. The lowest BCUT2D eigenvalue weighted by atomic mass is 9.77. The molecule has 2 aromatic rings. The van der Waals surface area contributed by atoms with E-state index in [0.29, 0.717) is 0 Å². The molecular formula is C18H8N4O8. The van der Waals surface area contributed by atoms with Crippen LogP contribution in [0.25, 0.3) is 16.7 Å². The Kier molecular flexibility index (Phi) is 3.98. The number of nitro groups is 2. The molecule has 148 valence electrons. The van der Waals surface area contributed by atoms with Crippen molar-refractivity contribution in [2.45, 2.75) is 0 Å². The molecule has 0 atom stereocenters. The van der Waals surface area contributed by atoms with E-state index in [4.69, 9.17) is 0 Å². The van der Waals surface area contributed by atoms with E-state index in [1.54, 1.807) is 0 Å². The van der Waals surface area contributed by atoms with E-state index in [9.17, 15) is 39.4 Å². The highest BCUT2D eigenvalue weighted by atomic mass is 16.6. The van der Waals surface area contributed by atoms with Gasteiger partial charge in [-0.1, -0.05) is 18.2 Å². The van der Waals surface area contributed by atoms with E-state index < -0.39 is 56.0 Å². The molecule has 1 saturated heterocycles. The summed E-state index contributed by atoms with van der Waals surface area (Å²) in [6, 6.07) is 5.95. The van der Waals surface area contributed by atoms with Crippen LogP contribution in [-0.4, -0.2) is 33.5 Å². The summed E-state index contributed by atoms with van der Waals surface area (Å²) in [5.41, 5.74) is -3.37. The minimum absolute atomic E-state index is 0.203. The first-order chi connectivity index (χ1) is 14.2. The number of barbiturate groups is 1. The number of carbonyl (C=O) groups is 4. The lowest BCUT2D eigenvalue weighted by molar-refractivity contribution is -0.386. The first-order valence-corrected chi connectivity index (χ1v) is 8.23. The Morgan fingerprint density at radius 2 is 1.13 bits per heavy atom. The Morgan fingerprint density at radius 1 is 0.667 bits per heavy atom. The highest BCUT2D eigenvalue weighted by Gasteiger charge is 2.42. The zero-order valence-corrected chi connectivity index (χ0v) is 14.6. The number of allylic oxidation sites excluding steroid dienone is 1. The quantitative estimate of drug-likeness (QED) is 0.324. The van der Waals surface area contributed by atoms with E-state index in [1.165, 1.54) is 24.3 Å². The summed E-state index contributed by atoms with van der Waals surface area (Å²) in [7, 11) is 0. The van der Waals surface area contributed by atoms with Gasteiger partial charge >= 0.3 is 6.03 Å². The van der Waals surface area contributed by atoms with E-state index in [-0.39, 0.29) is 22.3 Å². The molecule has 12 nitrogen and oxygen atoms in total. The summed E-state index contributed by atoms with van der Waals surface area (Å²) in [5.74, 6) is -3.26. The molecule has 2 N–H and O–H groups in total. The fourth-order valence-corrected chi connectivity index (χ4v) is 3.51. The molecular weight excluding hydrogens is 400 g/mol. The second-order valence-electron chi connectivity index (χ2n) is 6.23. The van der Waals surface area contributed by atoms with Gasteiger partial charge in [0.25, 0.3) is 23.2 Å². The molecule has 0 aromatic heterocycles. The zero-order valence-electron chi connectivity index (χ0n) is 14.6. The summed E-state index contributed by atoms with van der Waals surface area (Å²) in [6.45, 7) is 0. The molecule has 30 heavy (non-hydrogen) atoms. The molecule has 1 fully saturated rings. The molecule has 0 radical (unpaired) electrons. The van der Waals surface area contributed by atoms with Gasteiger partial charge in [-0.2, -0.15) is 0 Å². The van der Waals surface area contributed by atoms with Crippen LogP contribution in [0.1, 0.15) is 15.9 Å². The Bertz CT molecular complexity index is 1250. The molecule has 0 bridgehead atoms. The van der Waals surface area contributed by atoms with Crippen molar-refractivity contribution >= 4 is 40.6 Å². The number of fused-ring (bicyclic) bond motifs is 3. The predicted molar refractivity (Wildman–Crippen MR) is 98.1 cm³/mol. The SMILES string of the molecule is O=C1NC(=O)C(=C2C(=O)c3cccc([N+](=O)[O-])c3-c3c2cccc3[N+](=O)[O-])C(=O)N1. The number of amides is 4. The van der Waals surface area contributed by atoms with Gasteiger partial charge in [-0.15, -0.1) is 0 Å². The van der Waals surface area contributed by atoms with Gasteiger partial charge in [-0.05, 0) is 6.07 Å². The molecule has 1 aliphatic carbocycles. The molecule has 1 heterocycles. The first-order valence-electron chi connectivity index (χ1n) is 8.23. The van der Waals surface area contributed by atoms with Crippen molar-refractivity contribution in [1.29, 1.82) is 0 Å². The van der Waals surface area contributed by atoms with Gasteiger partial charge in [0.2, 0.25) is 0 Å². The molecule has 4 amide bonds. The van der Waals surface area contributed by atoms with Gasteiger partial charge in [-0.25, -0.2) is 4.79 Å². The van der Waals surface area contributed by atoms with Crippen molar-refractivity contribution in [2.24, 2.45) is 0 Å². The normalized spacial score (nSPS) is 15.2. The number of benzene rings is 2. The molecule has 1 aliphatic heterocycles. The van der Waals surface area contributed by atoms with E-state index in [1.807, 2.05) is 10.6 Å². The van der Waals surface area contributed by atoms with Crippen molar-refractivity contribution in [1.82, 2.24) is 10.6 Å². The van der Waals surface area contributed by atoms with E-state index >= 15 is 0 Å². The topological polar surface area (TPSA) is 179 Å². The van der Waals surface area contributed by atoms with Crippen molar-refractivity contribution in [3.05, 3.63) is 73.3 Å². The second kappa shape index (κ2) is 6.41. The van der Waals surface area contributed by atoms with Crippen molar-refractivity contribution in [3.8, 4) is 11.1 Å². The molecule has 2 aromatic carbocycles. The van der Waals surface area contributed by atoms with Crippen LogP contribution in [0.5, 0.6) is 0 Å². The summed E-state index contributed by atoms with van der Waals surface area (Å²) >= 11 is 0. The van der Waals surface area contributed by atoms with Crippen molar-refractivity contribution in [3.63, 3.8) is 0 Å². The molecule has 2 aliphatic rings. The van der Waals surface area contributed by atoms with Crippen molar-refractivity contribution in [2.75, 3.05) is 0 Å². The summed E-state index contributed by atoms with van der Waals surface area (Å²) < 4.78 is 0. The monoisotopic (exact) mass is 408 g/mol. The Labute approximate surface area is 165 Å². The second-order valence-corrected chi connectivity index (χ2v) is 6.23. The predicted octanol–water partition coefficient (Wildman–Crippen LogP) is 1.49. The fourth-order valence-electron chi connectivity index (χ4n) is 3.51. The number of urea groups is 1. The van der Waals surface area contributed by atoms with E-state index in [0.717, 1.165) is 12.1 Å². The molecule has 0 unspecified atom stereocenters. The fraction of sp³-hybridized carbons (Fsp3) is 0. The number of nitro benzene ring substituents is 2. The molecule has 4 rings (SSSR count). The van der Waals surface area contributed by atoms with Gasteiger partial charge in [0, 0.05) is 28.8 Å². The number of nitrogens with zero attached hydrogens (tertiary/aromatic N) is 2. The third-order valence-corrected chi connectivity index (χ3v) is 4.63. The van der Waals surface area contributed by atoms with Gasteiger partial charge < -0.3 is 0 Å². The highest BCUT2D eigenvalue weighted by Crippen LogP contribution is 2.48. The van der Waals surface area contributed by atoms with Crippen LogP contribution in [0, 0.1) is 20.2 Å². The number of carbonyl (C=O) groups excluding carboxylic acids is 4. The summed E-state index contributed by atoms with van der Waals surface area (Å²) in [5, 5.41) is 26.8. The Morgan fingerprint density at radius 3 is 1.63 bits per heavy atom. The lowest BCUT2D eigenvalue weighted by Crippen LogP contribution is -2.52. The average Bonchev–Trinajstić information content (AvgIpc) is 2.68. The van der Waals surface area contributed by atoms with Crippen LogP contribution >= 0.6 is 0 Å². The number of rotatable bonds is 2. The Balaban J connectivity index is 2.18. The molecule has 0 spiro atoms. The number of hydrogen-bond acceptors (Lipinski definition) is 8.